The van der Waals surface area contributed by atoms with E-state index in [-0.39, 0.29) is 18.0 Å². The number of carbonyl (C=O) groups is 2. The average molecular weight is 510 g/mol. The number of hydrogen-bond acceptors (Lipinski definition) is 8. The number of fused-ring (bicyclic) bond motifs is 3. The van der Waals surface area contributed by atoms with E-state index in [9.17, 15) is 14.4 Å². The lowest BCUT2D eigenvalue weighted by Crippen LogP contribution is -2.34. The highest BCUT2D eigenvalue weighted by Crippen LogP contribution is 2.35. The Morgan fingerprint density at radius 1 is 1.34 bits per heavy atom. The molecule has 35 heavy (non-hydrogen) atoms. The number of nitrogens with zero attached hydrogens (tertiary/aromatic N) is 3. The number of benzene rings is 1. The van der Waals surface area contributed by atoms with Crippen LogP contribution in [0.4, 0.5) is 0 Å². The summed E-state index contributed by atoms with van der Waals surface area (Å²) in [5, 5.41) is 1.18. The van der Waals surface area contributed by atoms with Crippen LogP contribution in [0.5, 0.6) is 5.75 Å². The fourth-order valence-electron chi connectivity index (χ4n) is 4.26. The van der Waals surface area contributed by atoms with Crippen molar-refractivity contribution in [1.82, 2.24) is 14.5 Å². The van der Waals surface area contributed by atoms with Crippen molar-refractivity contribution in [3.05, 3.63) is 74.3 Å². The third kappa shape index (κ3) is 4.51. The Bertz CT molecular complexity index is 1470. The summed E-state index contributed by atoms with van der Waals surface area (Å²) < 4.78 is 12.6. The Labute approximate surface area is 209 Å². The van der Waals surface area contributed by atoms with Gasteiger partial charge in [0.25, 0.3) is 5.56 Å². The summed E-state index contributed by atoms with van der Waals surface area (Å²) in [4.78, 5) is 45.3. The van der Waals surface area contributed by atoms with Crippen molar-refractivity contribution in [2.45, 2.75) is 37.3 Å². The molecule has 10 heteroatoms. The molecule has 4 heterocycles. The number of carbonyl (C=O) groups excluding carboxylic acids is 2. The van der Waals surface area contributed by atoms with Crippen LogP contribution in [0.2, 0.25) is 0 Å². The minimum absolute atomic E-state index is 0.0269. The largest absolute Gasteiger partial charge is 0.496 e. The van der Waals surface area contributed by atoms with Crippen molar-refractivity contribution >= 4 is 45.5 Å². The number of amides is 1. The number of methoxy groups -OCH3 is 1. The van der Waals surface area contributed by atoms with Crippen LogP contribution in [0.25, 0.3) is 10.2 Å². The van der Waals surface area contributed by atoms with E-state index in [4.69, 9.17) is 14.1 Å². The Morgan fingerprint density at radius 3 is 2.91 bits per heavy atom. The second-order valence-corrected chi connectivity index (χ2v) is 10.2. The normalized spacial score (nSPS) is 13.1. The molecule has 0 spiro atoms. The minimum atomic E-state index is -0.115. The molecule has 1 amide bonds. The number of thioether (sulfide) groups is 1. The van der Waals surface area contributed by atoms with Crippen molar-refractivity contribution in [3.8, 4) is 5.75 Å². The molecule has 0 radical (unpaired) electrons. The van der Waals surface area contributed by atoms with Gasteiger partial charge in [-0.1, -0.05) is 11.8 Å². The van der Waals surface area contributed by atoms with E-state index >= 15 is 0 Å². The highest BCUT2D eigenvalue weighted by atomic mass is 32.2. The van der Waals surface area contributed by atoms with Crippen molar-refractivity contribution < 1.29 is 18.7 Å². The van der Waals surface area contributed by atoms with Crippen molar-refractivity contribution in [2.24, 2.45) is 0 Å². The zero-order valence-corrected chi connectivity index (χ0v) is 20.9. The third-order valence-corrected chi connectivity index (χ3v) is 8.20. The second kappa shape index (κ2) is 9.71. The third-order valence-electron chi connectivity index (χ3n) is 6.06. The highest BCUT2D eigenvalue weighted by molar-refractivity contribution is 7.98. The van der Waals surface area contributed by atoms with Crippen LogP contribution in [0.1, 0.15) is 39.0 Å². The van der Waals surface area contributed by atoms with Gasteiger partial charge in [-0.15, -0.1) is 11.3 Å². The van der Waals surface area contributed by atoms with E-state index in [1.54, 1.807) is 54.0 Å². The van der Waals surface area contributed by atoms with Gasteiger partial charge in [-0.3, -0.25) is 19.0 Å². The topological polar surface area (TPSA) is 94.6 Å². The fraction of sp³-hybridized carbons (Fsp3) is 0.280. The molecule has 0 fully saturated rings. The molecule has 8 nitrogen and oxygen atoms in total. The molecule has 1 aliphatic rings. The van der Waals surface area contributed by atoms with Gasteiger partial charge in [0.1, 0.15) is 22.6 Å². The maximum atomic E-state index is 13.8. The molecule has 0 atom stereocenters. The quantitative estimate of drug-likeness (QED) is 0.210. The summed E-state index contributed by atoms with van der Waals surface area (Å²) in [7, 11) is 1.59. The summed E-state index contributed by atoms with van der Waals surface area (Å²) in [6.07, 6.45) is 3.01. The highest BCUT2D eigenvalue weighted by Gasteiger charge is 2.26. The Kier molecular flexibility index (Phi) is 6.48. The lowest BCUT2D eigenvalue weighted by atomic mass is 10.1. The zero-order chi connectivity index (χ0) is 24.5. The Hall–Kier alpha value is -3.37. The van der Waals surface area contributed by atoms with E-state index in [1.807, 2.05) is 6.07 Å². The summed E-state index contributed by atoms with van der Waals surface area (Å²) >= 11 is 2.88. The molecule has 4 aromatic rings. The first-order valence-corrected chi connectivity index (χ1v) is 12.9. The number of furan rings is 1. The zero-order valence-electron chi connectivity index (χ0n) is 19.3. The van der Waals surface area contributed by atoms with E-state index in [0.29, 0.717) is 57.7 Å². The molecule has 0 aliphatic carbocycles. The molecule has 0 unspecified atom stereocenters. The summed E-state index contributed by atoms with van der Waals surface area (Å²) in [5.74, 6) is 1.81. The molecule has 3 aromatic heterocycles. The predicted octanol–water partition coefficient (Wildman–Crippen LogP) is 4.12. The number of ether oxygens (including phenoxy) is 1. The first-order valence-electron chi connectivity index (χ1n) is 11.1. The first kappa shape index (κ1) is 23.4. The SMILES string of the molecule is COc1ccc(C=O)cc1CSc1nc2sc3c(c2c(=O)n1Cc1ccco1)CCN(C(C)=O)C3. The number of rotatable bonds is 7. The Balaban J connectivity index is 1.58. The van der Waals surface area contributed by atoms with Gasteiger partial charge in [-0.2, -0.15) is 0 Å². The van der Waals surface area contributed by atoms with Gasteiger partial charge < -0.3 is 14.1 Å². The smallest absolute Gasteiger partial charge is 0.263 e. The number of hydrogen-bond donors (Lipinski definition) is 0. The van der Waals surface area contributed by atoms with Crippen LogP contribution in [-0.2, 0) is 30.1 Å². The summed E-state index contributed by atoms with van der Waals surface area (Å²) in [6.45, 7) is 2.92. The van der Waals surface area contributed by atoms with Gasteiger partial charge >= 0.3 is 0 Å². The van der Waals surface area contributed by atoms with Gasteiger partial charge in [-0.25, -0.2) is 4.98 Å². The maximum Gasteiger partial charge on any atom is 0.263 e. The minimum Gasteiger partial charge on any atom is -0.496 e. The van der Waals surface area contributed by atoms with Crippen molar-refractivity contribution in [1.29, 1.82) is 0 Å². The molecular formula is C25H23N3O5S2. The number of aromatic nitrogens is 2. The molecule has 1 aromatic carbocycles. The fourth-order valence-corrected chi connectivity index (χ4v) is 6.51. The number of aldehydes is 1. The van der Waals surface area contributed by atoms with Crippen LogP contribution in [-0.4, -0.2) is 40.3 Å². The predicted molar refractivity (Wildman–Crippen MR) is 134 cm³/mol. The van der Waals surface area contributed by atoms with Crippen LogP contribution < -0.4 is 10.3 Å². The van der Waals surface area contributed by atoms with Crippen LogP contribution >= 0.6 is 23.1 Å². The van der Waals surface area contributed by atoms with Gasteiger partial charge in [0.05, 0.1) is 31.8 Å². The van der Waals surface area contributed by atoms with Gasteiger partial charge in [-0.05, 0) is 42.3 Å². The molecule has 0 N–H and O–H groups in total. The van der Waals surface area contributed by atoms with Gasteiger partial charge in [0.2, 0.25) is 5.91 Å². The maximum absolute atomic E-state index is 13.8. The van der Waals surface area contributed by atoms with Gasteiger partial charge in [0.15, 0.2) is 5.16 Å². The number of thiophene rings is 1. The molecule has 180 valence electrons. The van der Waals surface area contributed by atoms with Crippen molar-refractivity contribution in [3.63, 3.8) is 0 Å². The van der Waals surface area contributed by atoms with E-state index in [0.717, 1.165) is 22.3 Å². The summed E-state index contributed by atoms with van der Waals surface area (Å²) in [5.41, 5.74) is 2.27. The molecule has 0 saturated heterocycles. The average Bonchev–Trinajstić information content (AvgIpc) is 3.51. The van der Waals surface area contributed by atoms with E-state index in [2.05, 4.69) is 0 Å². The van der Waals surface area contributed by atoms with Crippen molar-refractivity contribution in [2.75, 3.05) is 13.7 Å². The molecule has 5 rings (SSSR count). The monoisotopic (exact) mass is 509 g/mol. The van der Waals surface area contributed by atoms with Crippen LogP contribution in [0, 0.1) is 0 Å². The molecule has 1 aliphatic heterocycles. The first-order chi connectivity index (χ1) is 17.0. The standard InChI is InChI=1S/C25H23N3O5S2/c1-15(30)27-8-7-19-21(12-27)35-23-22(19)24(31)28(11-18-4-3-9-33-18)25(26-23)34-14-17-10-16(13-29)5-6-20(17)32-2/h3-6,9-10,13H,7-8,11-12,14H2,1-2H3. The summed E-state index contributed by atoms with van der Waals surface area (Å²) in [6, 6.07) is 8.87. The van der Waals surface area contributed by atoms with Crippen LogP contribution in [0.3, 0.4) is 0 Å². The van der Waals surface area contributed by atoms with E-state index in [1.165, 1.54) is 23.1 Å². The van der Waals surface area contributed by atoms with Crippen LogP contribution in [0.15, 0.2) is 51.0 Å². The lowest BCUT2D eigenvalue weighted by molar-refractivity contribution is -0.129. The second-order valence-electron chi connectivity index (χ2n) is 8.22. The lowest BCUT2D eigenvalue weighted by Gasteiger charge is -2.25. The Morgan fingerprint density at radius 2 is 2.20 bits per heavy atom. The molecule has 0 bridgehead atoms. The molecule has 0 saturated carbocycles. The molecular weight excluding hydrogens is 486 g/mol. The van der Waals surface area contributed by atoms with Gasteiger partial charge in [0, 0.05) is 35.2 Å². The van der Waals surface area contributed by atoms with E-state index < -0.39 is 0 Å².